The number of carboxylic acid groups (broad SMARTS) is 1. The van der Waals surface area contributed by atoms with Crippen molar-refractivity contribution in [2.24, 2.45) is 0 Å². The van der Waals surface area contributed by atoms with Crippen molar-refractivity contribution in [2.45, 2.75) is 0 Å². The number of thiophene rings is 1. The molecule has 0 aliphatic carbocycles. The standard InChI is InChI=1S/C20H13FO3S/c21-17-12-16(19-2-1-11-25-19)8-3-13(17)9-10-18(22)14-4-6-15(7-5-14)20(23)24/h1-12H,(H,23,24). The summed E-state index contributed by atoms with van der Waals surface area (Å²) < 4.78 is 14.2. The van der Waals surface area contributed by atoms with Crippen LogP contribution in [0.3, 0.4) is 0 Å². The van der Waals surface area contributed by atoms with E-state index in [-0.39, 0.29) is 11.3 Å². The van der Waals surface area contributed by atoms with E-state index in [4.69, 9.17) is 5.11 Å². The fourth-order valence-corrected chi connectivity index (χ4v) is 3.02. The number of halogens is 1. The Morgan fingerprint density at radius 3 is 2.32 bits per heavy atom. The number of benzene rings is 2. The summed E-state index contributed by atoms with van der Waals surface area (Å²) in [5, 5.41) is 10.8. The van der Waals surface area contributed by atoms with Crippen molar-refractivity contribution >= 4 is 29.2 Å². The fourth-order valence-electron chi connectivity index (χ4n) is 2.30. The topological polar surface area (TPSA) is 54.4 Å². The van der Waals surface area contributed by atoms with E-state index in [1.807, 2.05) is 17.5 Å². The average Bonchev–Trinajstić information content (AvgIpc) is 3.15. The number of carbonyl (C=O) groups excluding carboxylic acids is 1. The van der Waals surface area contributed by atoms with Gasteiger partial charge in [-0.1, -0.05) is 30.3 Å². The number of carboxylic acids is 1. The van der Waals surface area contributed by atoms with Crippen LogP contribution in [0.5, 0.6) is 0 Å². The zero-order chi connectivity index (χ0) is 17.8. The lowest BCUT2D eigenvalue weighted by Gasteiger charge is -2.02. The molecule has 1 N–H and O–H groups in total. The van der Waals surface area contributed by atoms with Crippen molar-refractivity contribution in [1.82, 2.24) is 0 Å². The molecule has 0 spiro atoms. The molecule has 0 fully saturated rings. The molecule has 5 heteroatoms. The Morgan fingerprint density at radius 1 is 1.00 bits per heavy atom. The van der Waals surface area contributed by atoms with Crippen molar-refractivity contribution in [3.8, 4) is 10.4 Å². The predicted molar refractivity (Wildman–Crippen MR) is 96.5 cm³/mol. The van der Waals surface area contributed by atoms with Crippen molar-refractivity contribution in [3.05, 3.63) is 88.6 Å². The third kappa shape index (κ3) is 3.89. The molecule has 0 aliphatic rings. The average molecular weight is 352 g/mol. The monoisotopic (exact) mass is 352 g/mol. The van der Waals surface area contributed by atoms with Gasteiger partial charge in [-0.3, -0.25) is 4.79 Å². The molecule has 1 aromatic heterocycles. The molecule has 0 radical (unpaired) electrons. The Morgan fingerprint density at radius 2 is 1.72 bits per heavy atom. The molecule has 3 nitrogen and oxygen atoms in total. The third-order valence-electron chi connectivity index (χ3n) is 3.64. The van der Waals surface area contributed by atoms with Crippen LogP contribution in [0.4, 0.5) is 4.39 Å². The zero-order valence-electron chi connectivity index (χ0n) is 13.0. The number of hydrogen-bond donors (Lipinski definition) is 1. The van der Waals surface area contributed by atoms with Crippen LogP contribution in [0.25, 0.3) is 16.5 Å². The van der Waals surface area contributed by atoms with Gasteiger partial charge in [-0.2, -0.15) is 0 Å². The van der Waals surface area contributed by atoms with Crippen molar-refractivity contribution in [2.75, 3.05) is 0 Å². The van der Waals surface area contributed by atoms with E-state index in [1.54, 1.807) is 12.1 Å². The number of carbonyl (C=O) groups is 2. The highest BCUT2D eigenvalue weighted by Crippen LogP contribution is 2.26. The lowest BCUT2D eigenvalue weighted by Crippen LogP contribution is -1.99. The van der Waals surface area contributed by atoms with E-state index >= 15 is 0 Å². The number of hydrogen-bond acceptors (Lipinski definition) is 3. The number of rotatable bonds is 5. The molecule has 2 aromatic carbocycles. The van der Waals surface area contributed by atoms with Gasteiger partial charge in [-0.05, 0) is 47.4 Å². The molecule has 0 saturated carbocycles. The Bertz CT molecular complexity index is 942. The smallest absolute Gasteiger partial charge is 0.335 e. The molecule has 1 heterocycles. The van der Waals surface area contributed by atoms with Gasteiger partial charge in [0.15, 0.2) is 5.78 Å². The van der Waals surface area contributed by atoms with E-state index in [0.29, 0.717) is 11.1 Å². The number of ketones is 1. The quantitative estimate of drug-likeness (QED) is 0.510. The SMILES string of the molecule is O=C(O)c1ccc(C(=O)C=Cc2ccc(-c3cccs3)cc2F)cc1. The highest BCUT2D eigenvalue weighted by atomic mass is 32.1. The lowest BCUT2D eigenvalue weighted by molar-refractivity contribution is 0.0696. The Hall–Kier alpha value is -3.05. The van der Waals surface area contributed by atoms with Gasteiger partial charge in [-0.25, -0.2) is 9.18 Å². The molecule has 0 amide bonds. The summed E-state index contributed by atoms with van der Waals surface area (Å²) in [5.41, 5.74) is 1.56. The molecule has 3 rings (SSSR count). The molecule has 0 atom stereocenters. The van der Waals surface area contributed by atoms with Crippen molar-refractivity contribution in [1.29, 1.82) is 0 Å². The van der Waals surface area contributed by atoms with Crippen LogP contribution < -0.4 is 0 Å². The minimum absolute atomic E-state index is 0.107. The van der Waals surface area contributed by atoms with E-state index in [0.717, 1.165) is 10.4 Å². The first-order chi connectivity index (χ1) is 12.0. The summed E-state index contributed by atoms with van der Waals surface area (Å²) in [6, 6.07) is 14.3. The summed E-state index contributed by atoms with van der Waals surface area (Å²) in [4.78, 5) is 23.9. The van der Waals surface area contributed by atoms with Gasteiger partial charge in [0.1, 0.15) is 5.82 Å². The minimum atomic E-state index is -1.05. The largest absolute Gasteiger partial charge is 0.478 e. The second-order valence-electron chi connectivity index (χ2n) is 5.29. The zero-order valence-corrected chi connectivity index (χ0v) is 13.8. The lowest BCUT2D eigenvalue weighted by atomic mass is 10.1. The molecule has 124 valence electrons. The van der Waals surface area contributed by atoms with Crippen LogP contribution in [-0.2, 0) is 0 Å². The summed E-state index contributed by atoms with van der Waals surface area (Å²) in [7, 11) is 0. The van der Waals surface area contributed by atoms with Crippen LogP contribution in [0.1, 0.15) is 26.3 Å². The maximum atomic E-state index is 14.2. The van der Waals surface area contributed by atoms with Gasteiger partial charge < -0.3 is 5.11 Å². The summed E-state index contributed by atoms with van der Waals surface area (Å²) in [6.07, 6.45) is 2.69. The number of aromatic carboxylic acids is 1. The van der Waals surface area contributed by atoms with E-state index in [1.165, 1.54) is 53.8 Å². The van der Waals surface area contributed by atoms with E-state index < -0.39 is 11.8 Å². The van der Waals surface area contributed by atoms with Crippen LogP contribution in [0.15, 0.2) is 66.1 Å². The van der Waals surface area contributed by atoms with Crippen LogP contribution in [0.2, 0.25) is 0 Å². The van der Waals surface area contributed by atoms with E-state index in [2.05, 4.69) is 0 Å². The molecule has 25 heavy (non-hydrogen) atoms. The van der Waals surface area contributed by atoms with Gasteiger partial charge in [-0.15, -0.1) is 11.3 Å². The predicted octanol–water partition coefficient (Wildman–Crippen LogP) is 5.15. The maximum Gasteiger partial charge on any atom is 0.335 e. The molecule has 0 aliphatic heterocycles. The van der Waals surface area contributed by atoms with Gasteiger partial charge >= 0.3 is 5.97 Å². The fraction of sp³-hybridized carbons (Fsp3) is 0. The normalized spacial score (nSPS) is 10.9. The molecule has 0 unspecified atom stereocenters. The first-order valence-corrected chi connectivity index (χ1v) is 8.32. The van der Waals surface area contributed by atoms with Gasteiger partial charge in [0.05, 0.1) is 5.56 Å². The summed E-state index contributed by atoms with van der Waals surface area (Å²) >= 11 is 1.53. The molecule has 0 saturated heterocycles. The first-order valence-electron chi connectivity index (χ1n) is 7.44. The molecular weight excluding hydrogens is 339 g/mol. The first kappa shape index (κ1) is 16.8. The van der Waals surface area contributed by atoms with Crippen LogP contribution in [-0.4, -0.2) is 16.9 Å². The third-order valence-corrected chi connectivity index (χ3v) is 4.56. The highest BCUT2D eigenvalue weighted by molar-refractivity contribution is 7.13. The molecular formula is C20H13FO3S. The second-order valence-corrected chi connectivity index (χ2v) is 6.24. The summed E-state index contributed by atoms with van der Waals surface area (Å²) in [6.45, 7) is 0. The highest BCUT2D eigenvalue weighted by Gasteiger charge is 2.07. The van der Waals surface area contributed by atoms with Gasteiger partial charge in [0, 0.05) is 16.0 Å². The minimum Gasteiger partial charge on any atom is -0.478 e. The summed E-state index contributed by atoms with van der Waals surface area (Å²) in [5.74, 6) is -1.78. The Balaban J connectivity index is 1.77. The molecule has 3 aromatic rings. The Kier molecular flexibility index (Phi) is 4.86. The van der Waals surface area contributed by atoms with Gasteiger partial charge in [0.25, 0.3) is 0 Å². The Labute approximate surface area is 147 Å². The molecule has 0 bridgehead atoms. The van der Waals surface area contributed by atoms with E-state index in [9.17, 15) is 14.0 Å². The van der Waals surface area contributed by atoms with Crippen molar-refractivity contribution in [3.63, 3.8) is 0 Å². The van der Waals surface area contributed by atoms with Gasteiger partial charge in [0.2, 0.25) is 0 Å². The maximum absolute atomic E-state index is 14.2. The number of allylic oxidation sites excluding steroid dienone is 1. The second kappa shape index (κ2) is 7.23. The van der Waals surface area contributed by atoms with Crippen LogP contribution >= 0.6 is 11.3 Å². The van der Waals surface area contributed by atoms with Crippen molar-refractivity contribution < 1.29 is 19.1 Å². The van der Waals surface area contributed by atoms with Crippen LogP contribution in [0, 0.1) is 5.82 Å².